The average molecular weight is 313 g/mol. The molecular formula is C13H14F3N5O. The number of halogens is 3. The monoisotopic (exact) mass is 313 g/mol. The van der Waals surface area contributed by atoms with Crippen LogP contribution in [-0.4, -0.2) is 22.1 Å². The summed E-state index contributed by atoms with van der Waals surface area (Å²) in [6, 6.07) is 3.54. The minimum atomic E-state index is -4.41. The number of hydrogen-bond donors (Lipinski definition) is 3. The molecule has 0 spiro atoms. The van der Waals surface area contributed by atoms with Crippen LogP contribution in [0.5, 0.6) is 0 Å². The van der Waals surface area contributed by atoms with Crippen molar-refractivity contribution in [1.82, 2.24) is 9.55 Å². The topological polar surface area (TPSA) is 85.0 Å². The Labute approximate surface area is 124 Å². The standard InChI is InChI=1S/C13H14F3N5O/c14-13(15,16)9-1-3-10(4-2-9)19-12(22)20-11-7-21(6-5-17)8-18-11/h1-4,7-8H,5-6,17H2,(H2,19,20,22). The van der Waals surface area contributed by atoms with Gasteiger partial charge < -0.3 is 15.6 Å². The van der Waals surface area contributed by atoms with Crippen LogP contribution in [0.1, 0.15) is 5.56 Å². The average Bonchev–Trinajstić information content (AvgIpc) is 2.86. The lowest BCUT2D eigenvalue weighted by molar-refractivity contribution is -0.137. The molecule has 0 saturated heterocycles. The van der Waals surface area contributed by atoms with Crippen molar-refractivity contribution in [3.05, 3.63) is 42.4 Å². The van der Waals surface area contributed by atoms with Crippen molar-refractivity contribution in [2.45, 2.75) is 12.7 Å². The van der Waals surface area contributed by atoms with Gasteiger partial charge in [0.25, 0.3) is 0 Å². The summed E-state index contributed by atoms with van der Waals surface area (Å²) in [7, 11) is 0. The maximum absolute atomic E-state index is 12.4. The van der Waals surface area contributed by atoms with E-state index in [0.29, 0.717) is 18.9 Å². The lowest BCUT2D eigenvalue weighted by Crippen LogP contribution is -2.19. The predicted molar refractivity (Wildman–Crippen MR) is 75.4 cm³/mol. The van der Waals surface area contributed by atoms with Crippen molar-refractivity contribution in [2.75, 3.05) is 17.2 Å². The molecule has 0 saturated carbocycles. The van der Waals surface area contributed by atoms with Gasteiger partial charge in [0.05, 0.1) is 11.9 Å². The molecule has 0 radical (unpaired) electrons. The van der Waals surface area contributed by atoms with Crippen LogP contribution in [0.2, 0.25) is 0 Å². The second-order valence-electron chi connectivity index (χ2n) is 4.44. The molecule has 0 aliphatic heterocycles. The molecule has 0 unspecified atom stereocenters. The molecule has 0 bridgehead atoms. The number of nitrogens with one attached hydrogen (secondary N) is 2. The first kappa shape index (κ1) is 15.8. The number of rotatable bonds is 4. The van der Waals surface area contributed by atoms with E-state index in [2.05, 4.69) is 15.6 Å². The number of imidazole rings is 1. The van der Waals surface area contributed by atoms with E-state index < -0.39 is 17.8 Å². The highest BCUT2D eigenvalue weighted by molar-refractivity contribution is 5.99. The molecule has 118 valence electrons. The summed E-state index contributed by atoms with van der Waals surface area (Å²) < 4.78 is 38.9. The van der Waals surface area contributed by atoms with Crippen LogP contribution in [0.4, 0.5) is 29.5 Å². The summed E-state index contributed by atoms with van der Waals surface area (Å²) >= 11 is 0. The highest BCUT2D eigenvalue weighted by atomic mass is 19.4. The zero-order valence-corrected chi connectivity index (χ0v) is 11.4. The summed E-state index contributed by atoms with van der Waals surface area (Å²) in [6.07, 6.45) is -1.30. The minimum Gasteiger partial charge on any atom is -0.334 e. The number of benzene rings is 1. The first-order valence-corrected chi connectivity index (χ1v) is 6.35. The highest BCUT2D eigenvalue weighted by Crippen LogP contribution is 2.29. The fraction of sp³-hybridized carbons (Fsp3) is 0.231. The van der Waals surface area contributed by atoms with Gasteiger partial charge in [-0.1, -0.05) is 0 Å². The Kier molecular flexibility index (Phi) is 4.66. The molecule has 6 nitrogen and oxygen atoms in total. The number of aromatic nitrogens is 2. The Hall–Kier alpha value is -2.55. The van der Waals surface area contributed by atoms with Gasteiger partial charge >= 0.3 is 12.2 Å². The SMILES string of the molecule is NCCn1cnc(NC(=O)Nc2ccc(C(F)(F)F)cc2)c1. The fourth-order valence-electron chi connectivity index (χ4n) is 1.72. The fourth-order valence-corrected chi connectivity index (χ4v) is 1.72. The smallest absolute Gasteiger partial charge is 0.334 e. The Morgan fingerprint density at radius 2 is 1.91 bits per heavy atom. The van der Waals surface area contributed by atoms with Gasteiger partial charge in [-0.15, -0.1) is 0 Å². The summed E-state index contributed by atoms with van der Waals surface area (Å²) in [5.74, 6) is 0.317. The van der Waals surface area contributed by atoms with Crippen LogP contribution in [-0.2, 0) is 12.7 Å². The van der Waals surface area contributed by atoms with Crippen LogP contribution in [0.3, 0.4) is 0 Å². The molecule has 1 heterocycles. The molecule has 0 atom stereocenters. The molecule has 22 heavy (non-hydrogen) atoms. The largest absolute Gasteiger partial charge is 0.416 e. The number of hydrogen-bond acceptors (Lipinski definition) is 3. The number of nitrogens with zero attached hydrogens (tertiary/aromatic N) is 2. The van der Waals surface area contributed by atoms with Gasteiger partial charge in [0.15, 0.2) is 5.82 Å². The number of carbonyl (C=O) groups excluding carboxylic acids is 1. The van der Waals surface area contributed by atoms with Gasteiger partial charge in [0, 0.05) is 25.0 Å². The van der Waals surface area contributed by atoms with Crippen molar-refractivity contribution in [3.63, 3.8) is 0 Å². The summed E-state index contributed by atoms with van der Waals surface area (Å²) in [5, 5.41) is 4.89. The third-order valence-corrected chi connectivity index (χ3v) is 2.73. The van der Waals surface area contributed by atoms with Crippen molar-refractivity contribution < 1.29 is 18.0 Å². The minimum absolute atomic E-state index is 0.242. The molecule has 0 aliphatic carbocycles. The van der Waals surface area contributed by atoms with Crippen molar-refractivity contribution in [1.29, 1.82) is 0 Å². The first-order valence-electron chi connectivity index (χ1n) is 6.35. The molecule has 1 aromatic carbocycles. The molecule has 4 N–H and O–H groups in total. The number of anilines is 2. The molecule has 0 fully saturated rings. The van der Waals surface area contributed by atoms with Crippen LogP contribution >= 0.6 is 0 Å². The maximum atomic E-state index is 12.4. The molecule has 1 aromatic heterocycles. The highest BCUT2D eigenvalue weighted by Gasteiger charge is 2.29. The van der Waals surface area contributed by atoms with Crippen LogP contribution in [0.15, 0.2) is 36.8 Å². The van der Waals surface area contributed by atoms with Gasteiger partial charge in [0.1, 0.15) is 0 Å². The number of nitrogens with two attached hydrogens (primary N) is 1. The van der Waals surface area contributed by atoms with Gasteiger partial charge in [-0.3, -0.25) is 5.32 Å². The molecular weight excluding hydrogens is 299 g/mol. The number of amides is 2. The zero-order valence-electron chi connectivity index (χ0n) is 11.4. The van der Waals surface area contributed by atoms with Crippen molar-refractivity contribution in [2.24, 2.45) is 5.73 Å². The Balaban J connectivity index is 1.93. The molecule has 2 amide bonds. The van der Waals surface area contributed by atoms with Gasteiger partial charge in [-0.05, 0) is 24.3 Å². The lowest BCUT2D eigenvalue weighted by atomic mass is 10.2. The Morgan fingerprint density at radius 1 is 1.23 bits per heavy atom. The first-order chi connectivity index (χ1) is 10.4. The Bertz CT molecular complexity index is 636. The van der Waals surface area contributed by atoms with Crippen LogP contribution in [0, 0.1) is 0 Å². The predicted octanol–water partition coefficient (Wildman–Crippen LogP) is 2.50. The molecule has 2 rings (SSSR count). The van der Waals surface area contributed by atoms with E-state index in [1.807, 2.05) is 0 Å². The third kappa shape index (κ3) is 4.22. The molecule has 9 heteroatoms. The van der Waals surface area contributed by atoms with E-state index in [1.165, 1.54) is 18.5 Å². The number of carbonyl (C=O) groups is 1. The van der Waals surface area contributed by atoms with E-state index in [4.69, 9.17) is 5.73 Å². The molecule has 0 aliphatic rings. The number of alkyl halides is 3. The van der Waals surface area contributed by atoms with E-state index in [0.717, 1.165) is 12.1 Å². The second kappa shape index (κ2) is 6.48. The Morgan fingerprint density at radius 3 is 2.50 bits per heavy atom. The van der Waals surface area contributed by atoms with Crippen molar-refractivity contribution in [3.8, 4) is 0 Å². The van der Waals surface area contributed by atoms with Crippen LogP contribution < -0.4 is 16.4 Å². The normalized spacial score (nSPS) is 11.3. The lowest BCUT2D eigenvalue weighted by Gasteiger charge is -2.08. The van der Waals surface area contributed by atoms with Gasteiger partial charge in [0.2, 0.25) is 0 Å². The summed E-state index contributed by atoms with van der Waals surface area (Å²) in [5.41, 5.74) is 4.85. The molecule has 2 aromatic rings. The van der Waals surface area contributed by atoms with Gasteiger partial charge in [-0.25, -0.2) is 9.78 Å². The van der Waals surface area contributed by atoms with Crippen LogP contribution in [0.25, 0.3) is 0 Å². The van der Waals surface area contributed by atoms with E-state index >= 15 is 0 Å². The van der Waals surface area contributed by atoms with E-state index in [-0.39, 0.29) is 5.69 Å². The van der Waals surface area contributed by atoms with Crippen molar-refractivity contribution >= 4 is 17.5 Å². The quantitative estimate of drug-likeness (QED) is 0.811. The number of urea groups is 1. The second-order valence-corrected chi connectivity index (χ2v) is 4.44. The summed E-state index contributed by atoms with van der Waals surface area (Å²) in [6.45, 7) is 1.00. The van der Waals surface area contributed by atoms with E-state index in [1.54, 1.807) is 10.8 Å². The zero-order chi connectivity index (χ0) is 16.2. The third-order valence-electron chi connectivity index (χ3n) is 2.73. The maximum Gasteiger partial charge on any atom is 0.416 e. The van der Waals surface area contributed by atoms with Gasteiger partial charge in [-0.2, -0.15) is 13.2 Å². The van der Waals surface area contributed by atoms with E-state index in [9.17, 15) is 18.0 Å². The summed E-state index contributed by atoms with van der Waals surface area (Å²) in [4.78, 5) is 15.7.